The summed E-state index contributed by atoms with van der Waals surface area (Å²) in [5.74, 6) is 1.32. The van der Waals surface area contributed by atoms with E-state index < -0.39 is 26.9 Å². The zero-order valence-corrected chi connectivity index (χ0v) is 23.0. The average Bonchev–Trinajstić information content (AvgIpc) is 3.50. The van der Waals surface area contributed by atoms with Gasteiger partial charge in [-0.25, -0.2) is 23.4 Å². The minimum atomic E-state index is -3.84. The van der Waals surface area contributed by atoms with Gasteiger partial charge in [-0.3, -0.25) is 4.57 Å². The fourth-order valence-electron chi connectivity index (χ4n) is 3.89. The summed E-state index contributed by atoms with van der Waals surface area (Å²) in [5.41, 5.74) is 1.89. The highest BCUT2D eigenvalue weighted by Gasteiger charge is 2.35. The Morgan fingerprint density at radius 2 is 1.68 bits per heavy atom. The Balaban J connectivity index is 1.82. The maximum atomic E-state index is 13.7. The van der Waals surface area contributed by atoms with Crippen LogP contribution in [0, 0.1) is 13.8 Å². The van der Waals surface area contributed by atoms with E-state index in [4.69, 9.17) is 14.2 Å². The molecule has 0 aliphatic heterocycles. The zero-order chi connectivity index (χ0) is 26.7. The Hall–Kier alpha value is -3.42. The van der Waals surface area contributed by atoms with E-state index in [2.05, 4.69) is 25.1 Å². The molecule has 0 unspecified atom stereocenters. The van der Waals surface area contributed by atoms with Crippen molar-refractivity contribution in [2.45, 2.75) is 37.9 Å². The molecule has 0 aliphatic carbocycles. The zero-order valence-electron chi connectivity index (χ0n) is 21.4. The molecule has 196 valence electrons. The fraction of sp³-hybridized carbons (Fsp3) is 0.375. The molecule has 0 aliphatic rings. The highest BCUT2D eigenvalue weighted by Crippen LogP contribution is 2.37. The number of para-hydroxylation sites is 1. The van der Waals surface area contributed by atoms with E-state index in [0.29, 0.717) is 28.7 Å². The van der Waals surface area contributed by atoms with Crippen LogP contribution in [-0.2, 0) is 20.3 Å². The maximum absolute atomic E-state index is 13.7. The van der Waals surface area contributed by atoms with Crippen molar-refractivity contribution in [2.24, 2.45) is 0 Å². The lowest BCUT2D eigenvalue weighted by molar-refractivity contribution is 0.0947. The van der Waals surface area contributed by atoms with Gasteiger partial charge in [0.05, 0.1) is 24.5 Å². The molecule has 0 spiro atoms. The number of hydrogen-bond acceptors (Lipinski definition) is 11. The van der Waals surface area contributed by atoms with Gasteiger partial charge in [0, 0.05) is 24.9 Å². The van der Waals surface area contributed by atoms with Gasteiger partial charge < -0.3 is 14.2 Å². The van der Waals surface area contributed by atoms with Gasteiger partial charge in [0.1, 0.15) is 34.7 Å². The first-order chi connectivity index (χ1) is 17.7. The lowest BCUT2D eigenvalue weighted by atomic mass is 10.2. The van der Waals surface area contributed by atoms with Gasteiger partial charge in [-0.15, -0.1) is 21.5 Å². The van der Waals surface area contributed by atoms with Gasteiger partial charge in [0.15, 0.2) is 27.3 Å². The van der Waals surface area contributed by atoms with Crippen LogP contribution in [0.3, 0.4) is 0 Å². The third-order valence-corrected chi connectivity index (χ3v) is 8.65. The van der Waals surface area contributed by atoms with Gasteiger partial charge in [-0.2, -0.15) is 0 Å². The lowest BCUT2D eigenvalue weighted by Crippen LogP contribution is -2.30. The van der Waals surface area contributed by atoms with E-state index in [-0.39, 0.29) is 11.6 Å². The Morgan fingerprint density at radius 3 is 2.22 bits per heavy atom. The standard InChI is InChI=1S/C24H28N6O5S2/c1-14-10-25-23(26-11-14)22(35-6)15(2)37(31,32)13-20-28-29-24(17-12-36-16(3)27-17)30(20)21-18(33-4)8-7-9-19(21)34-5/h7-12,15,22H,13H2,1-6H3/t15-,22-/m0/s1. The minimum absolute atomic E-state index is 0.176. The summed E-state index contributed by atoms with van der Waals surface area (Å²) >= 11 is 1.45. The molecule has 2 atom stereocenters. The predicted molar refractivity (Wildman–Crippen MR) is 139 cm³/mol. The molecule has 3 aromatic heterocycles. The van der Waals surface area contributed by atoms with E-state index in [1.165, 1.54) is 32.7 Å². The minimum Gasteiger partial charge on any atom is -0.494 e. The number of aryl methyl sites for hydroxylation is 2. The van der Waals surface area contributed by atoms with Gasteiger partial charge in [0.25, 0.3) is 0 Å². The van der Waals surface area contributed by atoms with Crippen LogP contribution in [0.15, 0.2) is 36.0 Å². The number of methoxy groups -OCH3 is 3. The molecule has 3 heterocycles. The van der Waals surface area contributed by atoms with Crippen molar-refractivity contribution < 1.29 is 22.6 Å². The van der Waals surface area contributed by atoms with Crippen molar-refractivity contribution in [1.82, 2.24) is 29.7 Å². The molecule has 0 fully saturated rings. The van der Waals surface area contributed by atoms with Crippen LogP contribution in [0.5, 0.6) is 11.5 Å². The van der Waals surface area contributed by atoms with E-state index >= 15 is 0 Å². The van der Waals surface area contributed by atoms with Gasteiger partial charge >= 0.3 is 0 Å². The summed E-state index contributed by atoms with van der Waals surface area (Å²) in [7, 11) is 0.644. The van der Waals surface area contributed by atoms with Crippen LogP contribution in [0.25, 0.3) is 17.2 Å². The summed E-state index contributed by atoms with van der Waals surface area (Å²) in [6.07, 6.45) is 2.38. The largest absolute Gasteiger partial charge is 0.494 e. The molecule has 0 saturated carbocycles. The van der Waals surface area contributed by atoms with Crippen molar-refractivity contribution in [1.29, 1.82) is 0 Å². The molecule has 13 heteroatoms. The molecule has 11 nitrogen and oxygen atoms in total. The third kappa shape index (κ3) is 5.33. The van der Waals surface area contributed by atoms with E-state index in [1.54, 1.807) is 42.1 Å². The highest BCUT2D eigenvalue weighted by molar-refractivity contribution is 7.91. The summed E-state index contributed by atoms with van der Waals surface area (Å²) in [6, 6.07) is 5.29. The second-order valence-electron chi connectivity index (χ2n) is 8.33. The number of thiazole rings is 1. The van der Waals surface area contributed by atoms with Crippen LogP contribution in [-0.4, -0.2) is 64.7 Å². The van der Waals surface area contributed by atoms with Crippen LogP contribution >= 0.6 is 11.3 Å². The fourth-order valence-corrected chi connectivity index (χ4v) is 5.90. The Labute approximate surface area is 219 Å². The van der Waals surface area contributed by atoms with E-state index in [1.807, 2.05) is 19.2 Å². The molecule has 4 rings (SSSR count). The van der Waals surface area contributed by atoms with Crippen molar-refractivity contribution in [3.63, 3.8) is 0 Å². The number of rotatable bonds is 10. The summed E-state index contributed by atoms with van der Waals surface area (Å²) in [4.78, 5) is 13.1. The van der Waals surface area contributed by atoms with Gasteiger partial charge in [0.2, 0.25) is 0 Å². The summed E-state index contributed by atoms with van der Waals surface area (Å²) in [6.45, 7) is 5.30. The topological polar surface area (TPSA) is 131 Å². The maximum Gasteiger partial charge on any atom is 0.188 e. The SMILES string of the molecule is COc1cccc(OC)c1-n1c(CS(=O)(=O)[C@@H](C)[C@H](OC)c2ncc(C)cn2)nnc1-c1csc(C)n1. The van der Waals surface area contributed by atoms with Crippen molar-refractivity contribution in [3.05, 3.63) is 58.2 Å². The first-order valence-electron chi connectivity index (χ1n) is 11.3. The molecule has 1 aromatic carbocycles. The lowest BCUT2D eigenvalue weighted by Gasteiger charge is -2.22. The molecular formula is C24H28N6O5S2. The Bertz CT molecular complexity index is 1460. The molecule has 0 bridgehead atoms. The third-order valence-electron chi connectivity index (χ3n) is 5.84. The predicted octanol–water partition coefficient (Wildman–Crippen LogP) is 3.51. The number of aromatic nitrogens is 6. The summed E-state index contributed by atoms with van der Waals surface area (Å²) in [5, 5.41) is 10.3. The number of sulfone groups is 1. The molecule has 0 amide bonds. The van der Waals surface area contributed by atoms with Crippen LogP contribution in [0.4, 0.5) is 0 Å². The van der Waals surface area contributed by atoms with Gasteiger partial charge in [-0.1, -0.05) is 6.07 Å². The normalized spacial score (nSPS) is 13.4. The molecular weight excluding hydrogens is 516 g/mol. The molecule has 0 radical (unpaired) electrons. The second kappa shape index (κ2) is 10.9. The van der Waals surface area contributed by atoms with Gasteiger partial charge in [-0.05, 0) is 38.5 Å². The first-order valence-corrected chi connectivity index (χ1v) is 13.9. The second-order valence-corrected chi connectivity index (χ2v) is 11.7. The van der Waals surface area contributed by atoms with Crippen molar-refractivity contribution in [3.8, 4) is 28.7 Å². The molecule has 0 N–H and O–H groups in total. The molecule has 4 aromatic rings. The van der Waals surface area contributed by atoms with Crippen LogP contribution in [0.1, 0.15) is 35.2 Å². The molecule has 37 heavy (non-hydrogen) atoms. The Kier molecular flexibility index (Phi) is 7.85. The highest BCUT2D eigenvalue weighted by atomic mass is 32.2. The van der Waals surface area contributed by atoms with Crippen LogP contribution in [0.2, 0.25) is 0 Å². The van der Waals surface area contributed by atoms with Crippen molar-refractivity contribution >= 4 is 21.2 Å². The number of ether oxygens (including phenoxy) is 3. The quantitative estimate of drug-likeness (QED) is 0.292. The smallest absolute Gasteiger partial charge is 0.188 e. The Morgan fingerprint density at radius 1 is 1.03 bits per heavy atom. The number of nitrogens with zero attached hydrogens (tertiary/aromatic N) is 6. The number of hydrogen-bond donors (Lipinski definition) is 0. The monoisotopic (exact) mass is 544 g/mol. The van der Waals surface area contributed by atoms with Crippen molar-refractivity contribution in [2.75, 3.05) is 21.3 Å². The molecule has 0 saturated heterocycles. The first kappa shape index (κ1) is 26.6. The summed E-state index contributed by atoms with van der Waals surface area (Å²) < 4.78 is 45.7. The average molecular weight is 545 g/mol. The number of benzene rings is 1. The van der Waals surface area contributed by atoms with E-state index in [0.717, 1.165) is 10.6 Å². The van der Waals surface area contributed by atoms with Crippen LogP contribution < -0.4 is 9.47 Å². The van der Waals surface area contributed by atoms with E-state index in [9.17, 15) is 8.42 Å².